The van der Waals surface area contributed by atoms with Crippen molar-refractivity contribution >= 4 is 5.91 Å². The zero-order valence-electron chi connectivity index (χ0n) is 8.88. The summed E-state index contributed by atoms with van der Waals surface area (Å²) < 4.78 is 5.25. The van der Waals surface area contributed by atoms with E-state index in [1.807, 2.05) is 13.8 Å². The van der Waals surface area contributed by atoms with Crippen LogP contribution in [0, 0.1) is 0 Å². The lowest BCUT2D eigenvalue weighted by Crippen LogP contribution is -2.60. The lowest BCUT2D eigenvalue weighted by atomic mass is 9.95. The maximum Gasteiger partial charge on any atom is 0.254 e. The van der Waals surface area contributed by atoms with E-state index in [0.717, 1.165) is 19.5 Å². The molecule has 82 valence electrons. The number of nitrogens with one attached hydrogen (secondary N) is 1. The standard InChI is InChI=1S/C9H19N3O2/c1-3-9(2,8(13)11-10)12-4-6-14-7-5-12/h3-7,10H2,1-2H3,(H,11,13)/t9-/m0/s1. The van der Waals surface area contributed by atoms with Gasteiger partial charge in [0.15, 0.2) is 0 Å². The monoisotopic (exact) mass is 201 g/mol. The summed E-state index contributed by atoms with van der Waals surface area (Å²) in [6, 6.07) is 0. The highest BCUT2D eigenvalue weighted by Crippen LogP contribution is 2.20. The van der Waals surface area contributed by atoms with Crippen molar-refractivity contribution < 1.29 is 9.53 Å². The molecule has 5 nitrogen and oxygen atoms in total. The number of carbonyl (C=O) groups is 1. The molecule has 0 aliphatic carbocycles. The Morgan fingerprint density at radius 3 is 2.57 bits per heavy atom. The highest BCUT2D eigenvalue weighted by molar-refractivity contribution is 5.85. The maximum atomic E-state index is 11.6. The topological polar surface area (TPSA) is 67.6 Å². The Morgan fingerprint density at radius 1 is 1.57 bits per heavy atom. The molecule has 0 aromatic carbocycles. The van der Waals surface area contributed by atoms with Gasteiger partial charge < -0.3 is 4.74 Å². The Balaban J connectivity index is 2.71. The van der Waals surface area contributed by atoms with Crippen LogP contribution in [-0.2, 0) is 9.53 Å². The van der Waals surface area contributed by atoms with Crippen LogP contribution in [0.3, 0.4) is 0 Å². The van der Waals surface area contributed by atoms with E-state index < -0.39 is 5.54 Å². The Labute approximate surface area is 84.5 Å². The molecule has 0 aromatic heterocycles. The van der Waals surface area contributed by atoms with Gasteiger partial charge in [-0.1, -0.05) is 6.92 Å². The van der Waals surface area contributed by atoms with Crippen LogP contribution in [0.4, 0.5) is 0 Å². The number of nitrogens with zero attached hydrogens (tertiary/aromatic N) is 1. The molecule has 1 aliphatic rings. The summed E-state index contributed by atoms with van der Waals surface area (Å²) in [5.41, 5.74) is 1.73. The Bertz CT molecular complexity index is 204. The average molecular weight is 201 g/mol. The molecule has 0 bridgehead atoms. The van der Waals surface area contributed by atoms with E-state index in [1.165, 1.54) is 0 Å². The second kappa shape index (κ2) is 4.72. The zero-order chi connectivity index (χ0) is 10.6. The summed E-state index contributed by atoms with van der Waals surface area (Å²) in [5, 5.41) is 0. The predicted octanol–water partition coefficient (Wildman–Crippen LogP) is -0.523. The molecule has 0 spiro atoms. The number of nitrogens with two attached hydrogens (primary N) is 1. The van der Waals surface area contributed by atoms with Crippen LogP contribution in [0.15, 0.2) is 0 Å². The number of carbonyl (C=O) groups excluding carboxylic acids is 1. The molecule has 1 atom stereocenters. The molecule has 1 rings (SSSR count). The summed E-state index contributed by atoms with van der Waals surface area (Å²) in [5.74, 6) is 5.06. The number of hydrazine groups is 1. The van der Waals surface area contributed by atoms with Crippen LogP contribution in [-0.4, -0.2) is 42.6 Å². The minimum absolute atomic E-state index is 0.123. The van der Waals surface area contributed by atoms with Gasteiger partial charge in [-0.05, 0) is 13.3 Å². The van der Waals surface area contributed by atoms with Gasteiger partial charge in [0.25, 0.3) is 5.91 Å². The molecule has 1 saturated heterocycles. The third-order valence-electron chi connectivity index (χ3n) is 3.02. The normalized spacial score (nSPS) is 22.8. The van der Waals surface area contributed by atoms with Gasteiger partial charge in [0, 0.05) is 13.1 Å². The van der Waals surface area contributed by atoms with Crippen molar-refractivity contribution in [1.29, 1.82) is 0 Å². The second-order valence-electron chi connectivity index (χ2n) is 3.70. The third-order valence-corrected chi connectivity index (χ3v) is 3.02. The van der Waals surface area contributed by atoms with E-state index in [1.54, 1.807) is 0 Å². The quantitative estimate of drug-likeness (QED) is 0.366. The van der Waals surface area contributed by atoms with Crippen LogP contribution in [0.2, 0.25) is 0 Å². The number of rotatable bonds is 3. The molecule has 0 unspecified atom stereocenters. The maximum absolute atomic E-state index is 11.6. The fraction of sp³-hybridized carbons (Fsp3) is 0.889. The Hall–Kier alpha value is -0.650. The zero-order valence-corrected chi connectivity index (χ0v) is 8.88. The first kappa shape index (κ1) is 11.4. The first-order chi connectivity index (χ1) is 6.65. The van der Waals surface area contributed by atoms with Crippen LogP contribution in [0.1, 0.15) is 20.3 Å². The minimum atomic E-state index is -0.501. The van der Waals surface area contributed by atoms with E-state index >= 15 is 0 Å². The number of morpholine rings is 1. The van der Waals surface area contributed by atoms with Gasteiger partial charge >= 0.3 is 0 Å². The minimum Gasteiger partial charge on any atom is -0.379 e. The first-order valence-electron chi connectivity index (χ1n) is 4.99. The highest BCUT2D eigenvalue weighted by atomic mass is 16.5. The second-order valence-corrected chi connectivity index (χ2v) is 3.70. The molecule has 1 heterocycles. The molecule has 14 heavy (non-hydrogen) atoms. The van der Waals surface area contributed by atoms with Crippen LogP contribution in [0.5, 0.6) is 0 Å². The van der Waals surface area contributed by atoms with Gasteiger partial charge in [0.05, 0.1) is 18.8 Å². The third kappa shape index (κ3) is 2.05. The van der Waals surface area contributed by atoms with Gasteiger partial charge in [-0.15, -0.1) is 0 Å². The summed E-state index contributed by atoms with van der Waals surface area (Å²) in [6.45, 7) is 6.86. The first-order valence-corrected chi connectivity index (χ1v) is 4.99. The number of amides is 1. The molecule has 3 N–H and O–H groups in total. The summed E-state index contributed by atoms with van der Waals surface area (Å²) >= 11 is 0. The molecule has 1 fully saturated rings. The highest BCUT2D eigenvalue weighted by Gasteiger charge is 2.37. The number of hydrogen-bond donors (Lipinski definition) is 2. The Kier molecular flexibility index (Phi) is 3.86. The van der Waals surface area contributed by atoms with Crippen LogP contribution < -0.4 is 11.3 Å². The van der Waals surface area contributed by atoms with E-state index in [0.29, 0.717) is 13.2 Å². The lowest BCUT2D eigenvalue weighted by molar-refractivity contribution is -0.136. The molecule has 0 radical (unpaired) electrons. The fourth-order valence-corrected chi connectivity index (χ4v) is 1.74. The van der Waals surface area contributed by atoms with Gasteiger partial charge in [-0.25, -0.2) is 5.84 Å². The van der Waals surface area contributed by atoms with E-state index in [-0.39, 0.29) is 5.91 Å². The van der Waals surface area contributed by atoms with E-state index in [9.17, 15) is 4.79 Å². The fourth-order valence-electron chi connectivity index (χ4n) is 1.74. The smallest absolute Gasteiger partial charge is 0.254 e. The Morgan fingerprint density at radius 2 is 2.14 bits per heavy atom. The van der Waals surface area contributed by atoms with Crippen LogP contribution in [0.25, 0.3) is 0 Å². The van der Waals surface area contributed by atoms with Crippen molar-refractivity contribution in [3.05, 3.63) is 0 Å². The van der Waals surface area contributed by atoms with Gasteiger partial charge in [-0.3, -0.25) is 15.1 Å². The number of ether oxygens (including phenoxy) is 1. The molecule has 0 aromatic rings. The lowest BCUT2D eigenvalue weighted by Gasteiger charge is -2.40. The molecular weight excluding hydrogens is 182 g/mol. The van der Waals surface area contributed by atoms with Crippen molar-refractivity contribution in [2.45, 2.75) is 25.8 Å². The molecule has 5 heteroatoms. The molecule has 0 saturated carbocycles. The van der Waals surface area contributed by atoms with E-state index in [2.05, 4.69) is 10.3 Å². The largest absolute Gasteiger partial charge is 0.379 e. The predicted molar refractivity (Wildman–Crippen MR) is 53.4 cm³/mol. The van der Waals surface area contributed by atoms with Crippen LogP contribution >= 0.6 is 0 Å². The average Bonchev–Trinajstić information content (AvgIpc) is 2.28. The summed E-state index contributed by atoms with van der Waals surface area (Å²) in [6.07, 6.45) is 0.746. The van der Waals surface area contributed by atoms with Crippen molar-refractivity contribution in [1.82, 2.24) is 10.3 Å². The van der Waals surface area contributed by atoms with Gasteiger partial charge in [0.1, 0.15) is 0 Å². The van der Waals surface area contributed by atoms with Gasteiger partial charge in [-0.2, -0.15) is 0 Å². The summed E-state index contributed by atoms with van der Waals surface area (Å²) in [4.78, 5) is 13.8. The molecule has 1 amide bonds. The molecular formula is C9H19N3O2. The van der Waals surface area contributed by atoms with Crippen molar-refractivity contribution in [3.63, 3.8) is 0 Å². The molecule has 1 aliphatic heterocycles. The van der Waals surface area contributed by atoms with Gasteiger partial charge in [0.2, 0.25) is 0 Å². The van der Waals surface area contributed by atoms with Crippen molar-refractivity contribution in [2.24, 2.45) is 5.84 Å². The summed E-state index contributed by atoms with van der Waals surface area (Å²) in [7, 11) is 0. The SMILES string of the molecule is CC[C@@](C)(C(=O)NN)N1CCOCC1. The number of hydrogen-bond acceptors (Lipinski definition) is 4. The van der Waals surface area contributed by atoms with Crippen molar-refractivity contribution in [3.8, 4) is 0 Å². The van der Waals surface area contributed by atoms with E-state index in [4.69, 9.17) is 10.6 Å². The van der Waals surface area contributed by atoms with Crippen molar-refractivity contribution in [2.75, 3.05) is 26.3 Å².